The Kier molecular flexibility index (Phi) is 6.89. The van der Waals surface area contributed by atoms with Gasteiger partial charge in [-0.25, -0.2) is 4.52 Å². The maximum absolute atomic E-state index is 13.9. The van der Waals surface area contributed by atoms with Crippen LogP contribution in [0.15, 0.2) is 30.3 Å². The number of hydrogen-bond donors (Lipinski definition) is 2. The molecule has 0 aliphatic carbocycles. The third-order valence-corrected chi connectivity index (χ3v) is 4.63. The number of carboxylic acid groups (broad SMARTS) is 2. The highest BCUT2D eigenvalue weighted by molar-refractivity contribution is 7.53. The normalized spacial score (nSPS) is 15.9. The number of hydrogen-bond acceptors (Lipinski definition) is 4. The molecule has 0 saturated heterocycles. The van der Waals surface area contributed by atoms with E-state index in [2.05, 4.69) is 4.52 Å². The van der Waals surface area contributed by atoms with Crippen LogP contribution in [0.4, 0.5) is 21.8 Å². The summed E-state index contributed by atoms with van der Waals surface area (Å²) in [6, 6.07) is 4.53. The molecule has 2 N–H and O–H groups in total. The fraction of sp³-hybridized carbons (Fsp3) is 0.429. The lowest BCUT2D eigenvalue weighted by atomic mass is 10.1. The third kappa shape index (κ3) is 5.77. The molecule has 26 heavy (non-hydrogen) atoms. The Bertz CT molecular complexity index is 696. The van der Waals surface area contributed by atoms with Crippen LogP contribution in [0.3, 0.4) is 0 Å². The molecule has 0 fully saturated rings. The maximum atomic E-state index is 13.9. The number of carboxylic acids is 2. The lowest BCUT2D eigenvalue weighted by molar-refractivity contribution is -0.317. The second kappa shape index (κ2) is 8.13. The Morgan fingerprint density at radius 2 is 1.65 bits per heavy atom. The van der Waals surface area contributed by atoms with Gasteiger partial charge in [0.25, 0.3) is 0 Å². The van der Waals surface area contributed by atoms with Crippen molar-refractivity contribution in [2.24, 2.45) is 5.92 Å². The van der Waals surface area contributed by atoms with Gasteiger partial charge in [0.15, 0.2) is 0 Å². The Morgan fingerprint density at radius 3 is 2.12 bits per heavy atom. The first kappa shape index (κ1) is 22.0. The van der Waals surface area contributed by atoms with Gasteiger partial charge in [-0.15, -0.1) is 0 Å². The first-order valence-corrected chi connectivity index (χ1v) is 8.74. The summed E-state index contributed by atoms with van der Waals surface area (Å²) in [5.41, 5.74) is -1.23. The summed E-state index contributed by atoms with van der Waals surface area (Å²) >= 11 is 0. The van der Waals surface area contributed by atoms with Crippen molar-refractivity contribution in [2.45, 2.75) is 24.9 Å². The van der Waals surface area contributed by atoms with E-state index in [4.69, 9.17) is 10.2 Å². The van der Waals surface area contributed by atoms with Crippen molar-refractivity contribution in [3.8, 4) is 0 Å². The zero-order chi connectivity index (χ0) is 20.2. The molecule has 12 heteroatoms. The molecule has 0 spiro atoms. The van der Waals surface area contributed by atoms with Gasteiger partial charge in [-0.3, -0.25) is 14.2 Å². The van der Waals surface area contributed by atoms with Crippen LogP contribution in [0.25, 0.3) is 0 Å². The number of aliphatic carboxylic acids is 2. The average Bonchev–Trinajstić information content (AvgIpc) is 2.50. The minimum atomic E-state index is -6.00. The summed E-state index contributed by atoms with van der Waals surface area (Å²) in [6.07, 6.45) is -8.74. The molecule has 0 aliphatic heterocycles. The first-order chi connectivity index (χ1) is 11.8. The molecule has 0 radical (unpaired) electrons. The average molecular weight is 404 g/mol. The molecule has 0 bridgehead atoms. The molecule has 146 valence electrons. The molecule has 0 heterocycles. The lowest BCUT2D eigenvalue weighted by Gasteiger charge is -2.27. The molecule has 0 amide bonds. The quantitative estimate of drug-likeness (QED) is 0.450. The van der Waals surface area contributed by atoms with Crippen LogP contribution in [0.5, 0.6) is 0 Å². The Hall–Kier alpha value is -2.00. The Morgan fingerprint density at radius 1 is 1.12 bits per heavy atom. The van der Waals surface area contributed by atoms with Gasteiger partial charge >= 0.3 is 31.6 Å². The fourth-order valence-electron chi connectivity index (χ4n) is 1.94. The highest BCUT2D eigenvalue weighted by Gasteiger charge is 2.62. The summed E-state index contributed by atoms with van der Waals surface area (Å²) in [6.45, 7) is 0. The number of rotatable bonds is 10. The summed E-state index contributed by atoms with van der Waals surface area (Å²) in [5, 5.41) is 17.3. The van der Waals surface area contributed by atoms with Crippen molar-refractivity contribution in [1.29, 1.82) is 0 Å². The standard InChI is InChI=1S/C14H14F5O6P/c15-13(16,10-4-2-1-3-5-10)14(17,18)25-26(19,24)8-9(12(22)23)6-7-11(20)21/h1-5,9H,6-8H2,(H,20,21)(H,22,23). The molecule has 0 saturated carbocycles. The third-order valence-electron chi connectivity index (χ3n) is 3.25. The van der Waals surface area contributed by atoms with E-state index in [1.165, 1.54) is 6.07 Å². The predicted octanol–water partition coefficient (Wildman–Crippen LogP) is 4.12. The van der Waals surface area contributed by atoms with Crippen molar-refractivity contribution in [3.63, 3.8) is 0 Å². The van der Waals surface area contributed by atoms with E-state index in [0.717, 1.165) is 12.1 Å². The minimum absolute atomic E-state index is 0.618. The minimum Gasteiger partial charge on any atom is -0.481 e. The Balaban J connectivity index is 2.96. The topological polar surface area (TPSA) is 101 Å². The van der Waals surface area contributed by atoms with Crippen molar-refractivity contribution < 1.29 is 50.6 Å². The summed E-state index contributed by atoms with van der Waals surface area (Å²) in [5.74, 6) is -10.3. The van der Waals surface area contributed by atoms with Crippen LogP contribution in [-0.4, -0.2) is 34.4 Å². The van der Waals surface area contributed by atoms with Gasteiger partial charge in [0.05, 0.1) is 12.1 Å². The molecule has 1 rings (SSSR count). The van der Waals surface area contributed by atoms with Crippen molar-refractivity contribution in [3.05, 3.63) is 35.9 Å². The molecular weight excluding hydrogens is 390 g/mol. The summed E-state index contributed by atoms with van der Waals surface area (Å²) in [4.78, 5) is 21.3. The SMILES string of the molecule is O=C(O)CCC(CP(=O)(F)OC(F)(F)C(F)(F)c1ccccc1)C(=O)O. The zero-order valence-electron chi connectivity index (χ0n) is 12.9. The molecule has 0 aliphatic rings. The van der Waals surface area contributed by atoms with E-state index >= 15 is 0 Å². The lowest BCUT2D eigenvalue weighted by Crippen LogP contribution is -2.40. The highest BCUT2D eigenvalue weighted by atomic mass is 31.2. The maximum Gasteiger partial charge on any atom is 0.430 e. The number of benzene rings is 1. The van der Waals surface area contributed by atoms with Gasteiger partial charge in [0.2, 0.25) is 0 Å². The van der Waals surface area contributed by atoms with Crippen LogP contribution in [0.1, 0.15) is 18.4 Å². The monoisotopic (exact) mass is 404 g/mol. The summed E-state index contributed by atoms with van der Waals surface area (Å²) < 4.78 is 83.8. The molecule has 1 aromatic rings. The summed E-state index contributed by atoms with van der Waals surface area (Å²) in [7, 11) is -6.00. The molecule has 2 unspecified atom stereocenters. The van der Waals surface area contributed by atoms with Crippen molar-refractivity contribution in [1.82, 2.24) is 0 Å². The van der Waals surface area contributed by atoms with Crippen LogP contribution < -0.4 is 0 Å². The van der Waals surface area contributed by atoms with E-state index in [1.807, 2.05) is 0 Å². The van der Waals surface area contributed by atoms with E-state index in [9.17, 15) is 35.9 Å². The van der Waals surface area contributed by atoms with Gasteiger partial charge in [-0.1, -0.05) is 30.3 Å². The largest absolute Gasteiger partial charge is 0.481 e. The number of carbonyl (C=O) groups is 2. The number of halogens is 5. The van der Waals surface area contributed by atoms with Crippen LogP contribution in [0, 0.1) is 5.92 Å². The van der Waals surface area contributed by atoms with Crippen LogP contribution in [0.2, 0.25) is 0 Å². The van der Waals surface area contributed by atoms with E-state index in [-0.39, 0.29) is 0 Å². The van der Waals surface area contributed by atoms with Gasteiger partial charge in [0, 0.05) is 12.0 Å². The van der Waals surface area contributed by atoms with Crippen LogP contribution in [-0.2, 0) is 24.6 Å². The van der Waals surface area contributed by atoms with Gasteiger partial charge in [0.1, 0.15) is 0 Å². The molecular formula is C14H14F5O6P. The van der Waals surface area contributed by atoms with Gasteiger partial charge < -0.3 is 10.2 Å². The molecule has 2 atom stereocenters. The molecule has 1 aromatic carbocycles. The Labute approximate surface area is 144 Å². The fourth-order valence-corrected chi connectivity index (χ4v) is 3.33. The predicted molar refractivity (Wildman–Crippen MR) is 77.9 cm³/mol. The van der Waals surface area contributed by atoms with Gasteiger partial charge in [-0.2, -0.15) is 21.8 Å². The zero-order valence-corrected chi connectivity index (χ0v) is 13.8. The van der Waals surface area contributed by atoms with E-state index < -0.39 is 62.1 Å². The second-order valence-electron chi connectivity index (χ2n) is 5.29. The van der Waals surface area contributed by atoms with Crippen LogP contribution >= 0.6 is 7.68 Å². The van der Waals surface area contributed by atoms with E-state index in [1.54, 1.807) is 0 Å². The second-order valence-corrected chi connectivity index (χ2v) is 7.02. The highest BCUT2D eigenvalue weighted by Crippen LogP contribution is 2.59. The smallest absolute Gasteiger partial charge is 0.430 e. The van der Waals surface area contributed by atoms with Crippen molar-refractivity contribution in [2.75, 3.05) is 6.16 Å². The van der Waals surface area contributed by atoms with Gasteiger partial charge in [-0.05, 0) is 6.42 Å². The van der Waals surface area contributed by atoms with Crippen molar-refractivity contribution >= 4 is 19.6 Å². The first-order valence-electron chi connectivity index (χ1n) is 7.04. The molecule has 6 nitrogen and oxygen atoms in total. The molecule has 0 aromatic heterocycles. The number of alkyl halides is 4. The van der Waals surface area contributed by atoms with E-state index in [0.29, 0.717) is 12.1 Å².